The van der Waals surface area contributed by atoms with Gasteiger partial charge in [0, 0.05) is 11.8 Å². The Bertz CT molecular complexity index is 648. The average Bonchev–Trinajstić information content (AvgIpc) is 2.48. The first-order valence-corrected chi connectivity index (χ1v) is 6.24. The number of hydrogen-bond acceptors (Lipinski definition) is 4. The molecular weight excluding hydrogens is 276 g/mol. The standard InChI is InChI=1S/C15H13ClN2O2/c1-19-14-8-15(20-2)13(7-12(14)16)18-11-5-3-10(9-17)4-6-11/h3-8,18H,1-2H3. The second-order valence-electron chi connectivity index (χ2n) is 4.00. The molecule has 0 heterocycles. The average molecular weight is 289 g/mol. The molecule has 102 valence electrons. The molecule has 0 bridgehead atoms. The molecule has 1 N–H and O–H groups in total. The summed E-state index contributed by atoms with van der Waals surface area (Å²) in [6, 6.07) is 12.6. The summed E-state index contributed by atoms with van der Waals surface area (Å²) in [6.45, 7) is 0. The van der Waals surface area contributed by atoms with Gasteiger partial charge in [-0.05, 0) is 30.3 Å². The van der Waals surface area contributed by atoms with Crippen LogP contribution in [-0.2, 0) is 0 Å². The predicted octanol–water partition coefficient (Wildman–Crippen LogP) is 3.97. The molecule has 0 atom stereocenters. The van der Waals surface area contributed by atoms with Gasteiger partial charge in [0.2, 0.25) is 0 Å². The lowest BCUT2D eigenvalue weighted by Crippen LogP contribution is -1.96. The summed E-state index contributed by atoms with van der Waals surface area (Å²) in [6.07, 6.45) is 0. The minimum absolute atomic E-state index is 0.490. The van der Waals surface area contributed by atoms with Crippen molar-refractivity contribution in [3.8, 4) is 17.6 Å². The van der Waals surface area contributed by atoms with Crippen LogP contribution in [0.15, 0.2) is 36.4 Å². The summed E-state index contributed by atoms with van der Waals surface area (Å²) in [5.74, 6) is 1.17. The number of hydrogen-bond donors (Lipinski definition) is 1. The van der Waals surface area contributed by atoms with Crippen molar-refractivity contribution in [2.75, 3.05) is 19.5 Å². The number of anilines is 2. The topological polar surface area (TPSA) is 54.3 Å². The molecule has 2 rings (SSSR count). The quantitative estimate of drug-likeness (QED) is 0.925. The molecule has 2 aromatic carbocycles. The molecule has 0 aliphatic rings. The van der Waals surface area contributed by atoms with E-state index in [1.807, 2.05) is 12.1 Å². The highest BCUT2D eigenvalue weighted by Gasteiger charge is 2.10. The van der Waals surface area contributed by atoms with Crippen molar-refractivity contribution in [2.24, 2.45) is 0 Å². The molecule has 0 fully saturated rings. The van der Waals surface area contributed by atoms with Crippen molar-refractivity contribution < 1.29 is 9.47 Å². The van der Waals surface area contributed by atoms with Crippen molar-refractivity contribution in [1.82, 2.24) is 0 Å². The molecule has 0 radical (unpaired) electrons. The van der Waals surface area contributed by atoms with Gasteiger partial charge in [-0.15, -0.1) is 0 Å². The largest absolute Gasteiger partial charge is 0.495 e. The van der Waals surface area contributed by atoms with Crippen LogP contribution in [0.1, 0.15) is 5.56 Å². The zero-order valence-electron chi connectivity index (χ0n) is 11.1. The number of nitriles is 1. The highest BCUT2D eigenvalue weighted by molar-refractivity contribution is 6.32. The number of rotatable bonds is 4. The second-order valence-corrected chi connectivity index (χ2v) is 4.41. The van der Waals surface area contributed by atoms with Gasteiger partial charge in [-0.2, -0.15) is 5.26 Å². The van der Waals surface area contributed by atoms with E-state index in [-0.39, 0.29) is 0 Å². The summed E-state index contributed by atoms with van der Waals surface area (Å²) in [5, 5.41) is 12.5. The molecule has 0 spiro atoms. The van der Waals surface area contributed by atoms with Crippen LogP contribution in [0, 0.1) is 11.3 Å². The minimum atomic E-state index is 0.490. The van der Waals surface area contributed by atoms with Crippen LogP contribution < -0.4 is 14.8 Å². The summed E-state index contributed by atoms with van der Waals surface area (Å²) < 4.78 is 10.5. The van der Waals surface area contributed by atoms with E-state index in [0.29, 0.717) is 22.1 Å². The fourth-order valence-corrected chi connectivity index (χ4v) is 1.98. The zero-order valence-corrected chi connectivity index (χ0v) is 11.9. The van der Waals surface area contributed by atoms with Gasteiger partial charge < -0.3 is 14.8 Å². The third-order valence-electron chi connectivity index (χ3n) is 2.77. The van der Waals surface area contributed by atoms with Crippen LogP contribution in [0.5, 0.6) is 11.5 Å². The van der Waals surface area contributed by atoms with E-state index < -0.39 is 0 Å². The van der Waals surface area contributed by atoms with Crippen molar-refractivity contribution >= 4 is 23.0 Å². The van der Waals surface area contributed by atoms with Crippen molar-refractivity contribution in [1.29, 1.82) is 5.26 Å². The predicted molar refractivity (Wildman–Crippen MR) is 79.0 cm³/mol. The van der Waals surface area contributed by atoms with Crippen LogP contribution in [0.25, 0.3) is 0 Å². The summed E-state index contributed by atoms with van der Waals surface area (Å²) in [7, 11) is 3.13. The number of halogens is 1. The monoisotopic (exact) mass is 288 g/mol. The smallest absolute Gasteiger partial charge is 0.146 e. The first kappa shape index (κ1) is 14.0. The molecule has 0 saturated carbocycles. The Balaban J connectivity index is 2.32. The van der Waals surface area contributed by atoms with Crippen LogP contribution in [-0.4, -0.2) is 14.2 Å². The molecule has 0 aromatic heterocycles. The van der Waals surface area contributed by atoms with Crippen LogP contribution >= 0.6 is 11.6 Å². The lowest BCUT2D eigenvalue weighted by atomic mass is 10.2. The van der Waals surface area contributed by atoms with E-state index in [1.165, 1.54) is 0 Å². The summed E-state index contributed by atoms with van der Waals surface area (Å²) in [5.41, 5.74) is 2.17. The highest BCUT2D eigenvalue weighted by atomic mass is 35.5. The Kier molecular flexibility index (Phi) is 4.34. The SMILES string of the molecule is COc1cc(OC)c(Nc2ccc(C#N)cc2)cc1Cl. The summed E-state index contributed by atoms with van der Waals surface area (Å²) >= 11 is 6.11. The first-order chi connectivity index (χ1) is 9.67. The number of methoxy groups -OCH3 is 2. The molecule has 2 aromatic rings. The number of ether oxygens (including phenoxy) is 2. The van der Waals surface area contributed by atoms with E-state index in [9.17, 15) is 0 Å². The Hall–Kier alpha value is -2.38. The van der Waals surface area contributed by atoms with Crippen LogP contribution in [0.2, 0.25) is 5.02 Å². The Morgan fingerprint density at radius 3 is 2.25 bits per heavy atom. The first-order valence-electron chi connectivity index (χ1n) is 5.86. The molecule has 0 saturated heterocycles. The van der Waals surface area contributed by atoms with Gasteiger partial charge in [-0.3, -0.25) is 0 Å². The maximum absolute atomic E-state index is 8.77. The third kappa shape index (κ3) is 2.95. The fraction of sp³-hybridized carbons (Fsp3) is 0.133. The van der Waals surface area contributed by atoms with Gasteiger partial charge in [0.25, 0.3) is 0 Å². The summed E-state index contributed by atoms with van der Waals surface area (Å²) in [4.78, 5) is 0. The highest BCUT2D eigenvalue weighted by Crippen LogP contribution is 2.37. The normalized spacial score (nSPS) is 9.70. The lowest BCUT2D eigenvalue weighted by Gasteiger charge is -2.13. The number of benzene rings is 2. The second kappa shape index (κ2) is 6.18. The minimum Gasteiger partial charge on any atom is -0.495 e. The molecule has 0 amide bonds. The fourth-order valence-electron chi connectivity index (χ4n) is 1.74. The Labute approximate surface area is 122 Å². The maximum atomic E-state index is 8.77. The van der Waals surface area contributed by atoms with Gasteiger partial charge in [0.1, 0.15) is 11.5 Å². The van der Waals surface area contributed by atoms with Gasteiger partial charge in [0.05, 0.1) is 36.6 Å². The van der Waals surface area contributed by atoms with Crippen molar-refractivity contribution in [2.45, 2.75) is 0 Å². The zero-order chi connectivity index (χ0) is 14.5. The van der Waals surface area contributed by atoms with E-state index in [1.54, 1.807) is 38.5 Å². The van der Waals surface area contributed by atoms with E-state index >= 15 is 0 Å². The van der Waals surface area contributed by atoms with E-state index in [2.05, 4.69) is 11.4 Å². The Morgan fingerprint density at radius 2 is 1.70 bits per heavy atom. The molecule has 5 heteroatoms. The molecule has 20 heavy (non-hydrogen) atoms. The van der Waals surface area contributed by atoms with Gasteiger partial charge in [0.15, 0.2) is 0 Å². The maximum Gasteiger partial charge on any atom is 0.146 e. The van der Waals surface area contributed by atoms with Gasteiger partial charge >= 0.3 is 0 Å². The number of nitrogens with zero attached hydrogens (tertiary/aromatic N) is 1. The Morgan fingerprint density at radius 1 is 1.05 bits per heavy atom. The molecule has 4 nitrogen and oxygen atoms in total. The van der Waals surface area contributed by atoms with Gasteiger partial charge in [-0.1, -0.05) is 11.6 Å². The van der Waals surface area contributed by atoms with Crippen molar-refractivity contribution in [3.63, 3.8) is 0 Å². The third-order valence-corrected chi connectivity index (χ3v) is 3.06. The van der Waals surface area contributed by atoms with E-state index in [4.69, 9.17) is 26.3 Å². The molecular formula is C15H13ClN2O2. The molecule has 0 unspecified atom stereocenters. The van der Waals surface area contributed by atoms with E-state index in [0.717, 1.165) is 11.4 Å². The number of nitrogens with one attached hydrogen (secondary N) is 1. The molecule has 0 aliphatic heterocycles. The van der Waals surface area contributed by atoms with Crippen molar-refractivity contribution in [3.05, 3.63) is 47.0 Å². The van der Waals surface area contributed by atoms with Gasteiger partial charge in [-0.25, -0.2) is 0 Å². The molecule has 0 aliphatic carbocycles. The lowest BCUT2D eigenvalue weighted by molar-refractivity contribution is 0.396. The van der Waals surface area contributed by atoms with Crippen LogP contribution in [0.3, 0.4) is 0 Å². The van der Waals surface area contributed by atoms with Crippen LogP contribution in [0.4, 0.5) is 11.4 Å².